The molecule has 1 saturated heterocycles. The maximum atomic E-state index is 6.21. The summed E-state index contributed by atoms with van der Waals surface area (Å²) in [7, 11) is -0.260. The van der Waals surface area contributed by atoms with Gasteiger partial charge in [-0.1, -0.05) is 28.4 Å². The minimum absolute atomic E-state index is 0.260. The summed E-state index contributed by atoms with van der Waals surface area (Å²) >= 11 is 3.84. The highest BCUT2D eigenvalue weighted by Crippen LogP contribution is 2.54. The van der Waals surface area contributed by atoms with E-state index in [-0.39, 0.29) is 18.3 Å². The molecule has 0 aromatic heterocycles. The Hall–Kier alpha value is -0.315. The highest BCUT2D eigenvalue weighted by atomic mass is 79.9. The van der Waals surface area contributed by atoms with Crippen molar-refractivity contribution in [1.29, 1.82) is 0 Å². The standard InChI is InChI=1S/C18H24BBrO2/c1-16(2)17(3,4)22-19(21-16)13-10-12-6-9-18(7-5-8-18)15(12)14(20)11-13/h10-11H,5-9H2,1-4H3. The van der Waals surface area contributed by atoms with Gasteiger partial charge in [-0.3, -0.25) is 0 Å². The first-order chi connectivity index (χ1) is 10.2. The molecule has 1 aliphatic heterocycles. The van der Waals surface area contributed by atoms with Crippen molar-refractivity contribution in [2.75, 3.05) is 0 Å². The van der Waals surface area contributed by atoms with Crippen LogP contribution in [0.1, 0.15) is 64.5 Å². The van der Waals surface area contributed by atoms with Crippen LogP contribution in [0, 0.1) is 0 Å². The molecular formula is C18H24BBrO2. The van der Waals surface area contributed by atoms with Crippen LogP contribution in [0.15, 0.2) is 16.6 Å². The lowest BCUT2D eigenvalue weighted by Crippen LogP contribution is -2.41. The van der Waals surface area contributed by atoms with Gasteiger partial charge in [0.15, 0.2) is 0 Å². The van der Waals surface area contributed by atoms with Crippen molar-refractivity contribution in [2.45, 2.75) is 76.4 Å². The Morgan fingerprint density at radius 3 is 2.18 bits per heavy atom. The zero-order valence-electron chi connectivity index (χ0n) is 14.0. The molecule has 22 heavy (non-hydrogen) atoms. The summed E-state index contributed by atoms with van der Waals surface area (Å²) in [6, 6.07) is 4.56. The Balaban J connectivity index is 1.70. The molecule has 0 radical (unpaired) electrons. The lowest BCUT2D eigenvalue weighted by Gasteiger charge is -2.40. The summed E-state index contributed by atoms with van der Waals surface area (Å²) in [4.78, 5) is 0. The van der Waals surface area contributed by atoms with E-state index < -0.39 is 0 Å². The van der Waals surface area contributed by atoms with Gasteiger partial charge in [0.25, 0.3) is 0 Å². The van der Waals surface area contributed by atoms with Gasteiger partial charge in [0.05, 0.1) is 11.2 Å². The van der Waals surface area contributed by atoms with Crippen LogP contribution in [0.5, 0.6) is 0 Å². The molecular weight excluding hydrogens is 339 g/mol. The van der Waals surface area contributed by atoms with E-state index in [1.807, 2.05) is 0 Å². The van der Waals surface area contributed by atoms with Crippen LogP contribution in [0.4, 0.5) is 0 Å². The van der Waals surface area contributed by atoms with Gasteiger partial charge in [0.2, 0.25) is 0 Å². The average Bonchev–Trinajstić information content (AvgIpc) is 2.85. The molecule has 2 aliphatic carbocycles. The second kappa shape index (κ2) is 4.61. The van der Waals surface area contributed by atoms with Gasteiger partial charge in [0, 0.05) is 4.47 Å². The fourth-order valence-corrected chi connectivity index (χ4v) is 5.14. The van der Waals surface area contributed by atoms with E-state index in [9.17, 15) is 0 Å². The van der Waals surface area contributed by atoms with Crippen LogP contribution in [0.25, 0.3) is 0 Å². The monoisotopic (exact) mass is 362 g/mol. The summed E-state index contributed by atoms with van der Waals surface area (Å²) in [5.74, 6) is 0. The van der Waals surface area contributed by atoms with Gasteiger partial charge in [-0.2, -0.15) is 0 Å². The van der Waals surface area contributed by atoms with Crippen molar-refractivity contribution >= 4 is 28.5 Å². The SMILES string of the molecule is CC1(C)OB(c2cc(Br)c3c(c2)CCC32CCC2)OC1(C)C. The second-order valence-corrected chi connectivity index (χ2v) is 9.11. The van der Waals surface area contributed by atoms with E-state index in [1.54, 1.807) is 5.56 Å². The summed E-state index contributed by atoms with van der Waals surface area (Å²) < 4.78 is 13.7. The van der Waals surface area contributed by atoms with Crippen molar-refractivity contribution < 1.29 is 9.31 Å². The lowest BCUT2D eigenvalue weighted by molar-refractivity contribution is 0.00578. The Morgan fingerprint density at radius 2 is 1.64 bits per heavy atom. The van der Waals surface area contributed by atoms with Crippen molar-refractivity contribution in [3.63, 3.8) is 0 Å². The lowest BCUT2D eigenvalue weighted by atomic mass is 9.65. The Kier molecular flexibility index (Phi) is 3.19. The van der Waals surface area contributed by atoms with Crippen LogP contribution in [0.2, 0.25) is 0 Å². The van der Waals surface area contributed by atoms with Crippen molar-refractivity contribution in [2.24, 2.45) is 0 Å². The molecule has 1 spiro atoms. The second-order valence-electron chi connectivity index (χ2n) is 8.26. The Bertz CT molecular complexity index is 618. The molecule has 0 atom stereocenters. The number of aryl methyl sites for hydroxylation is 1. The molecule has 0 amide bonds. The number of rotatable bonds is 1. The van der Waals surface area contributed by atoms with Gasteiger partial charge in [-0.05, 0) is 81.4 Å². The van der Waals surface area contributed by atoms with Crippen LogP contribution < -0.4 is 5.46 Å². The van der Waals surface area contributed by atoms with Gasteiger partial charge in [0.1, 0.15) is 0 Å². The molecule has 1 saturated carbocycles. The topological polar surface area (TPSA) is 18.5 Å². The first-order valence-electron chi connectivity index (χ1n) is 8.43. The summed E-state index contributed by atoms with van der Waals surface area (Å²) in [5.41, 5.74) is 4.14. The minimum atomic E-state index is -0.279. The smallest absolute Gasteiger partial charge is 0.399 e. The number of hydrogen-bond donors (Lipinski definition) is 0. The van der Waals surface area contributed by atoms with Crippen LogP contribution >= 0.6 is 15.9 Å². The Labute approximate surface area is 142 Å². The average molecular weight is 363 g/mol. The van der Waals surface area contributed by atoms with E-state index in [0.717, 1.165) is 5.46 Å². The number of halogens is 1. The fraction of sp³-hybridized carbons (Fsp3) is 0.667. The Morgan fingerprint density at radius 1 is 1.00 bits per heavy atom. The third-order valence-corrected chi connectivity index (χ3v) is 7.06. The normalized spacial score (nSPS) is 27.0. The molecule has 3 aliphatic rings. The number of hydrogen-bond acceptors (Lipinski definition) is 2. The van der Waals surface area contributed by atoms with E-state index in [0.29, 0.717) is 5.41 Å². The van der Waals surface area contributed by atoms with E-state index in [4.69, 9.17) is 9.31 Å². The molecule has 4 heteroatoms. The van der Waals surface area contributed by atoms with Crippen LogP contribution in [-0.4, -0.2) is 18.3 Å². The van der Waals surface area contributed by atoms with E-state index >= 15 is 0 Å². The van der Waals surface area contributed by atoms with E-state index in [2.05, 4.69) is 55.8 Å². The third-order valence-electron chi connectivity index (χ3n) is 6.43. The van der Waals surface area contributed by atoms with Crippen molar-refractivity contribution in [3.05, 3.63) is 27.7 Å². The summed E-state index contributed by atoms with van der Waals surface area (Å²) in [6.07, 6.45) is 6.60. The molecule has 2 nitrogen and oxygen atoms in total. The molecule has 2 fully saturated rings. The molecule has 118 valence electrons. The van der Waals surface area contributed by atoms with Crippen molar-refractivity contribution in [1.82, 2.24) is 0 Å². The molecule has 1 heterocycles. The van der Waals surface area contributed by atoms with Crippen molar-refractivity contribution in [3.8, 4) is 0 Å². The predicted molar refractivity (Wildman–Crippen MR) is 93.7 cm³/mol. The predicted octanol–water partition coefficient (Wildman–Crippen LogP) is 4.12. The summed E-state index contributed by atoms with van der Waals surface area (Å²) in [6.45, 7) is 8.44. The zero-order chi connectivity index (χ0) is 15.8. The van der Waals surface area contributed by atoms with Gasteiger partial charge >= 0.3 is 7.12 Å². The van der Waals surface area contributed by atoms with Gasteiger partial charge in [-0.25, -0.2) is 0 Å². The molecule has 0 N–H and O–H groups in total. The van der Waals surface area contributed by atoms with Gasteiger partial charge < -0.3 is 9.31 Å². The van der Waals surface area contributed by atoms with Gasteiger partial charge in [-0.15, -0.1) is 0 Å². The number of fused-ring (bicyclic) bond motifs is 2. The minimum Gasteiger partial charge on any atom is -0.399 e. The van der Waals surface area contributed by atoms with Crippen LogP contribution in [-0.2, 0) is 21.1 Å². The molecule has 0 bridgehead atoms. The first kappa shape index (κ1) is 15.2. The highest BCUT2D eigenvalue weighted by Gasteiger charge is 2.52. The third kappa shape index (κ3) is 2.00. The fourth-order valence-electron chi connectivity index (χ4n) is 4.20. The first-order valence-corrected chi connectivity index (χ1v) is 9.22. The quantitative estimate of drug-likeness (QED) is 0.699. The largest absolute Gasteiger partial charge is 0.494 e. The maximum Gasteiger partial charge on any atom is 0.494 e. The highest BCUT2D eigenvalue weighted by molar-refractivity contribution is 9.10. The maximum absolute atomic E-state index is 6.21. The molecule has 1 aromatic carbocycles. The number of benzene rings is 1. The zero-order valence-corrected chi connectivity index (χ0v) is 15.5. The van der Waals surface area contributed by atoms with E-state index in [1.165, 1.54) is 42.1 Å². The molecule has 4 rings (SSSR count). The van der Waals surface area contributed by atoms with Crippen LogP contribution in [0.3, 0.4) is 0 Å². The molecule has 0 unspecified atom stereocenters. The summed E-state index contributed by atoms with van der Waals surface area (Å²) in [5, 5.41) is 0. The molecule has 1 aromatic rings.